The zero-order valence-corrected chi connectivity index (χ0v) is 13.2. The van der Waals surface area contributed by atoms with Crippen molar-refractivity contribution in [2.75, 3.05) is 13.6 Å². The maximum atomic E-state index is 12.5. The predicted octanol–water partition coefficient (Wildman–Crippen LogP) is 3.13. The summed E-state index contributed by atoms with van der Waals surface area (Å²) >= 11 is 0. The summed E-state index contributed by atoms with van der Waals surface area (Å²) in [4.78, 5) is 14.3. The van der Waals surface area contributed by atoms with E-state index in [1.165, 1.54) is 12.0 Å². The van der Waals surface area contributed by atoms with E-state index in [1.807, 2.05) is 18.0 Å². The van der Waals surface area contributed by atoms with Crippen LogP contribution >= 0.6 is 0 Å². The second-order valence-corrected chi connectivity index (χ2v) is 6.39. The molecule has 0 bridgehead atoms. The molecule has 1 amide bonds. The van der Waals surface area contributed by atoms with Crippen LogP contribution in [0.25, 0.3) is 0 Å². The minimum absolute atomic E-state index is 0.141. The molecule has 1 aliphatic rings. The summed E-state index contributed by atoms with van der Waals surface area (Å²) in [6.45, 7) is 0.810. The lowest BCUT2D eigenvalue weighted by Crippen LogP contribution is -2.55. The van der Waals surface area contributed by atoms with Gasteiger partial charge in [-0.1, -0.05) is 49.6 Å². The molecule has 0 spiro atoms. The van der Waals surface area contributed by atoms with Crippen LogP contribution in [0.1, 0.15) is 50.5 Å². The molecular weight excluding hydrogens is 260 g/mol. The second kappa shape index (κ2) is 7.60. The molecule has 0 saturated heterocycles. The molecule has 1 aromatic carbocycles. The van der Waals surface area contributed by atoms with Crippen molar-refractivity contribution in [1.29, 1.82) is 0 Å². The Hall–Kier alpha value is -1.35. The number of unbranched alkanes of at least 4 members (excludes halogenated alkanes) is 1. The van der Waals surface area contributed by atoms with Gasteiger partial charge in [-0.3, -0.25) is 4.79 Å². The smallest absolute Gasteiger partial charge is 0.242 e. The highest BCUT2D eigenvalue weighted by molar-refractivity contribution is 5.86. The first-order valence-corrected chi connectivity index (χ1v) is 8.20. The minimum atomic E-state index is -0.591. The Morgan fingerprint density at radius 3 is 2.48 bits per heavy atom. The first-order valence-electron chi connectivity index (χ1n) is 8.20. The number of nitrogens with zero attached hydrogens (tertiary/aromatic N) is 1. The van der Waals surface area contributed by atoms with Crippen LogP contribution in [0.3, 0.4) is 0 Å². The summed E-state index contributed by atoms with van der Waals surface area (Å²) in [5.74, 6) is 0.141. The quantitative estimate of drug-likeness (QED) is 0.817. The standard InChI is InChI=1S/C18H28N2O/c1-20(17(21)18(19)13-7-3-8-14-18)15-9-6-12-16-10-4-2-5-11-16/h2,4-5,10-11H,3,6-9,12-15,19H2,1H3. The Balaban J connectivity index is 1.71. The third-order valence-corrected chi connectivity index (χ3v) is 4.57. The Labute approximate surface area is 128 Å². The van der Waals surface area contributed by atoms with Crippen LogP contribution in [0, 0.1) is 0 Å². The molecule has 0 aliphatic heterocycles. The van der Waals surface area contributed by atoms with Gasteiger partial charge < -0.3 is 10.6 Å². The molecular formula is C18H28N2O. The van der Waals surface area contributed by atoms with Gasteiger partial charge in [-0.25, -0.2) is 0 Å². The van der Waals surface area contributed by atoms with E-state index in [0.29, 0.717) is 0 Å². The van der Waals surface area contributed by atoms with Gasteiger partial charge in [-0.2, -0.15) is 0 Å². The first kappa shape index (κ1) is 16.0. The number of carbonyl (C=O) groups is 1. The monoisotopic (exact) mass is 288 g/mol. The largest absolute Gasteiger partial charge is 0.344 e. The van der Waals surface area contributed by atoms with Gasteiger partial charge in [0.15, 0.2) is 0 Å². The third-order valence-electron chi connectivity index (χ3n) is 4.57. The van der Waals surface area contributed by atoms with Crippen LogP contribution in [-0.2, 0) is 11.2 Å². The number of rotatable bonds is 6. The van der Waals surface area contributed by atoms with Crippen LogP contribution in [0.4, 0.5) is 0 Å². The Kier molecular flexibility index (Phi) is 5.80. The maximum Gasteiger partial charge on any atom is 0.242 e. The molecule has 21 heavy (non-hydrogen) atoms. The van der Waals surface area contributed by atoms with Crippen LogP contribution in [0.15, 0.2) is 30.3 Å². The molecule has 0 atom stereocenters. The van der Waals surface area contributed by atoms with Crippen molar-refractivity contribution < 1.29 is 4.79 Å². The normalized spacial score (nSPS) is 17.4. The van der Waals surface area contributed by atoms with Gasteiger partial charge in [0.1, 0.15) is 0 Å². The summed E-state index contributed by atoms with van der Waals surface area (Å²) in [5, 5.41) is 0. The van der Waals surface area contributed by atoms with Crippen LogP contribution in [0.5, 0.6) is 0 Å². The van der Waals surface area contributed by atoms with Crippen LogP contribution in [0.2, 0.25) is 0 Å². The van der Waals surface area contributed by atoms with Gasteiger partial charge in [-0.05, 0) is 37.7 Å². The Morgan fingerprint density at radius 2 is 1.81 bits per heavy atom. The number of benzene rings is 1. The van der Waals surface area contributed by atoms with Crippen molar-refractivity contribution in [3.8, 4) is 0 Å². The number of hydrogen-bond donors (Lipinski definition) is 1. The number of likely N-dealkylation sites (N-methyl/N-ethyl adjacent to an activating group) is 1. The lowest BCUT2D eigenvalue weighted by atomic mass is 9.81. The van der Waals surface area contributed by atoms with Crippen LogP contribution in [-0.4, -0.2) is 29.9 Å². The zero-order valence-electron chi connectivity index (χ0n) is 13.2. The van der Waals surface area contributed by atoms with E-state index in [9.17, 15) is 4.79 Å². The Morgan fingerprint density at radius 1 is 1.14 bits per heavy atom. The molecule has 2 N–H and O–H groups in total. The van der Waals surface area contributed by atoms with Crippen molar-refractivity contribution in [2.45, 2.75) is 56.9 Å². The summed E-state index contributed by atoms with van der Waals surface area (Å²) in [6, 6.07) is 10.5. The van der Waals surface area contributed by atoms with Crippen molar-refractivity contribution >= 4 is 5.91 Å². The topological polar surface area (TPSA) is 46.3 Å². The second-order valence-electron chi connectivity index (χ2n) is 6.39. The molecule has 1 saturated carbocycles. The molecule has 1 aliphatic carbocycles. The summed E-state index contributed by atoms with van der Waals surface area (Å²) in [6.07, 6.45) is 8.31. The highest BCUT2D eigenvalue weighted by Gasteiger charge is 2.36. The Bertz CT molecular complexity index is 438. The molecule has 0 unspecified atom stereocenters. The molecule has 0 aromatic heterocycles. The fourth-order valence-corrected chi connectivity index (χ4v) is 3.20. The summed E-state index contributed by atoms with van der Waals surface area (Å²) < 4.78 is 0. The maximum absolute atomic E-state index is 12.5. The van der Waals surface area contributed by atoms with Crippen molar-refractivity contribution in [3.63, 3.8) is 0 Å². The van der Waals surface area contributed by atoms with Gasteiger partial charge >= 0.3 is 0 Å². The molecule has 3 nitrogen and oxygen atoms in total. The minimum Gasteiger partial charge on any atom is -0.344 e. The van der Waals surface area contributed by atoms with Crippen LogP contribution < -0.4 is 5.73 Å². The van der Waals surface area contributed by atoms with Crippen molar-refractivity contribution in [1.82, 2.24) is 4.90 Å². The van der Waals surface area contributed by atoms with E-state index >= 15 is 0 Å². The van der Waals surface area contributed by atoms with E-state index in [0.717, 1.165) is 51.5 Å². The van der Waals surface area contributed by atoms with E-state index in [2.05, 4.69) is 24.3 Å². The fourth-order valence-electron chi connectivity index (χ4n) is 3.20. The number of aryl methyl sites for hydroxylation is 1. The number of hydrogen-bond acceptors (Lipinski definition) is 2. The highest BCUT2D eigenvalue weighted by atomic mass is 16.2. The molecule has 1 fully saturated rings. The van der Waals surface area contributed by atoms with E-state index in [-0.39, 0.29) is 5.91 Å². The van der Waals surface area contributed by atoms with E-state index in [1.54, 1.807) is 0 Å². The molecule has 2 rings (SSSR count). The summed E-state index contributed by atoms with van der Waals surface area (Å²) in [7, 11) is 1.90. The fraction of sp³-hybridized carbons (Fsp3) is 0.611. The van der Waals surface area contributed by atoms with E-state index in [4.69, 9.17) is 5.73 Å². The molecule has 1 aromatic rings. The third kappa shape index (κ3) is 4.57. The van der Waals surface area contributed by atoms with Crippen molar-refractivity contribution in [2.24, 2.45) is 5.73 Å². The molecule has 3 heteroatoms. The first-order chi connectivity index (χ1) is 10.1. The van der Waals surface area contributed by atoms with Crippen molar-refractivity contribution in [3.05, 3.63) is 35.9 Å². The number of amides is 1. The zero-order chi connectivity index (χ0) is 15.1. The van der Waals surface area contributed by atoms with Gasteiger partial charge in [0.2, 0.25) is 5.91 Å². The predicted molar refractivity (Wildman–Crippen MR) is 87.0 cm³/mol. The molecule has 0 heterocycles. The highest BCUT2D eigenvalue weighted by Crippen LogP contribution is 2.27. The molecule has 116 valence electrons. The van der Waals surface area contributed by atoms with Gasteiger partial charge in [-0.15, -0.1) is 0 Å². The van der Waals surface area contributed by atoms with Gasteiger partial charge in [0.05, 0.1) is 5.54 Å². The average molecular weight is 288 g/mol. The SMILES string of the molecule is CN(CCCCc1ccccc1)C(=O)C1(N)CCCCC1. The van der Waals surface area contributed by atoms with Gasteiger partial charge in [0.25, 0.3) is 0 Å². The lowest BCUT2D eigenvalue weighted by molar-refractivity contribution is -0.136. The number of nitrogens with two attached hydrogens (primary N) is 1. The van der Waals surface area contributed by atoms with Gasteiger partial charge in [0, 0.05) is 13.6 Å². The van der Waals surface area contributed by atoms with E-state index < -0.39 is 5.54 Å². The summed E-state index contributed by atoms with van der Waals surface area (Å²) in [5.41, 5.74) is 7.09. The lowest BCUT2D eigenvalue weighted by Gasteiger charge is -2.35. The number of carbonyl (C=O) groups excluding carboxylic acids is 1. The molecule has 0 radical (unpaired) electrons. The average Bonchev–Trinajstić information content (AvgIpc) is 2.52.